The van der Waals surface area contributed by atoms with E-state index >= 15 is 9.59 Å². The number of primary amides is 1. The van der Waals surface area contributed by atoms with Crippen LogP contribution in [0.15, 0.2) is 145 Å². The van der Waals surface area contributed by atoms with E-state index in [1.54, 1.807) is 36.4 Å². The van der Waals surface area contributed by atoms with Gasteiger partial charge in [-0.25, -0.2) is 9.69 Å². The SMILES string of the molecule is C[C@@H](NC(=O)N1C(=O)[C@@]2(c3cc(C#CC4=CCCCC4)ccc31)[C@H](C(N)=O)[C@H]1C(=O)O[C@H](c3ccccc3)[C@H](c3ccccc3)N1[C@@H]2c1cccc(OCCO)c1)c1ccccc1. The standard InChI is InChI=1S/C52H48N4O7/c1-33(36-17-8-3-9-18-36)54-51(61)55-42-28-27-35(26-25-34-15-6-2-7-16-34)31-41(42)52(50(55)60)43(48(53)58)45-49(59)63-46(38-21-12-5-13-22-38)44(37-19-10-4-11-20-37)56(45)47(52)39-23-14-24-40(32-39)62-30-29-57/h3-5,8-15,17-24,27-28,31-33,43-47,57H,2,6-7,16,29-30H2,1H3,(H2,53,58)(H,54,61)/t33-,43+,44+,45+,46-,47-,52+/m1/s1. The van der Waals surface area contributed by atoms with Crippen molar-refractivity contribution < 1.29 is 33.8 Å². The van der Waals surface area contributed by atoms with Gasteiger partial charge in [-0.15, -0.1) is 0 Å². The molecular formula is C52H48N4O7. The number of benzene rings is 5. The Bertz CT molecular complexity index is 2640. The van der Waals surface area contributed by atoms with E-state index in [1.165, 1.54) is 0 Å². The maximum atomic E-state index is 16.2. The lowest BCUT2D eigenvalue weighted by Gasteiger charge is -2.46. The number of anilines is 1. The third-order valence-electron chi connectivity index (χ3n) is 12.8. The van der Waals surface area contributed by atoms with Gasteiger partial charge in [0.25, 0.3) is 0 Å². The lowest BCUT2D eigenvalue weighted by Crippen LogP contribution is -2.55. The smallest absolute Gasteiger partial charge is 0.329 e. The van der Waals surface area contributed by atoms with Crippen LogP contribution in [-0.2, 0) is 24.5 Å². The van der Waals surface area contributed by atoms with Crippen LogP contribution in [0.2, 0.25) is 0 Å². The molecule has 0 unspecified atom stereocenters. The Morgan fingerprint density at radius 3 is 2.24 bits per heavy atom. The van der Waals surface area contributed by atoms with E-state index < -0.39 is 65.4 Å². The fourth-order valence-corrected chi connectivity index (χ4v) is 10.1. The second-order valence-corrected chi connectivity index (χ2v) is 16.5. The molecule has 5 aromatic carbocycles. The van der Waals surface area contributed by atoms with Crippen molar-refractivity contribution in [3.8, 4) is 17.6 Å². The molecule has 63 heavy (non-hydrogen) atoms. The van der Waals surface area contributed by atoms with E-state index in [0.29, 0.717) is 28.0 Å². The summed E-state index contributed by atoms with van der Waals surface area (Å²) in [7, 11) is 0. The zero-order chi connectivity index (χ0) is 43.7. The van der Waals surface area contributed by atoms with Crippen molar-refractivity contribution in [2.45, 2.75) is 68.3 Å². The lowest BCUT2D eigenvalue weighted by atomic mass is 9.65. The first-order chi connectivity index (χ1) is 30.7. The number of fused-ring (bicyclic) bond motifs is 3. The summed E-state index contributed by atoms with van der Waals surface area (Å²) in [6, 6.07) is 36.1. The number of esters is 1. The van der Waals surface area contributed by atoms with Crippen molar-refractivity contribution in [3.05, 3.63) is 178 Å². The molecule has 0 saturated carbocycles. The normalized spacial score (nSPS) is 24.3. The van der Waals surface area contributed by atoms with Crippen LogP contribution in [-0.4, -0.2) is 53.1 Å². The van der Waals surface area contributed by atoms with E-state index in [-0.39, 0.29) is 18.9 Å². The molecular weight excluding hydrogens is 793 g/mol. The number of carbonyl (C=O) groups is 4. The predicted octanol–water partition coefficient (Wildman–Crippen LogP) is 7.53. The van der Waals surface area contributed by atoms with E-state index in [4.69, 9.17) is 15.2 Å². The number of aliphatic hydroxyl groups is 1. The zero-order valence-electron chi connectivity index (χ0n) is 34.9. The number of cyclic esters (lactones) is 1. The molecule has 1 aliphatic carbocycles. The van der Waals surface area contributed by atoms with Crippen molar-refractivity contribution in [3.63, 3.8) is 0 Å². The van der Waals surface area contributed by atoms with Gasteiger partial charge in [0.2, 0.25) is 11.8 Å². The van der Waals surface area contributed by atoms with Crippen molar-refractivity contribution in [1.29, 1.82) is 0 Å². The van der Waals surface area contributed by atoms with E-state index in [0.717, 1.165) is 47.3 Å². The molecule has 2 fully saturated rings. The second-order valence-electron chi connectivity index (χ2n) is 16.5. The highest BCUT2D eigenvalue weighted by Crippen LogP contribution is 2.66. The topological polar surface area (TPSA) is 151 Å². The molecule has 318 valence electrons. The van der Waals surface area contributed by atoms with E-state index in [1.807, 2.05) is 109 Å². The summed E-state index contributed by atoms with van der Waals surface area (Å²) in [6.45, 7) is 1.59. The van der Waals surface area contributed by atoms with Crippen LogP contribution in [0.5, 0.6) is 5.75 Å². The van der Waals surface area contributed by atoms with Crippen LogP contribution in [0.4, 0.5) is 10.5 Å². The van der Waals surface area contributed by atoms with Gasteiger partial charge in [-0.05, 0) is 96.3 Å². The predicted molar refractivity (Wildman–Crippen MR) is 237 cm³/mol. The first-order valence-corrected chi connectivity index (χ1v) is 21.5. The largest absolute Gasteiger partial charge is 0.491 e. The number of carbonyl (C=O) groups excluding carboxylic acids is 4. The highest BCUT2D eigenvalue weighted by Gasteiger charge is 2.75. The molecule has 11 nitrogen and oxygen atoms in total. The van der Waals surface area contributed by atoms with Crippen LogP contribution in [0.3, 0.4) is 0 Å². The number of allylic oxidation sites excluding steroid dienone is 2. The molecule has 11 heteroatoms. The van der Waals surface area contributed by atoms with E-state index in [9.17, 15) is 14.7 Å². The highest BCUT2D eigenvalue weighted by atomic mass is 16.6. The van der Waals surface area contributed by atoms with Gasteiger partial charge in [-0.2, -0.15) is 0 Å². The lowest BCUT2D eigenvalue weighted by molar-refractivity contribution is -0.178. The zero-order valence-corrected chi connectivity index (χ0v) is 34.9. The first-order valence-electron chi connectivity index (χ1n) is 21.5. The minimum absolute atomic E-state index is 0.00165. The number of morpholine rings is 1. The molecule has 0 aromatic heterocycles. The molecule has 4 N–H and O–H groups in total. The molecule has 3 aliphatic heterocycles. The molecule has 2 saturated heterocycles. The Labute approximate surface area is 366 Å². The van der Waals surface area contributed by atoms with Gasteiger partial charge in [-0.3, -0.25) is 19.3 Å². The number of nitrogens with zero attached hydrogens (tertiary/aromatic N) is 2. The number of ether oxygens (including phenoxy) is 2. The van der Waals surface area contributed by atoms with Gasteiger partial charge in [0.15, 0.2) is 0 Å². The summed E-state index contributed by atoms with van der Waals surface area (Å²) < 4.78 is 12.4. The van der Waals surface area contributed by atoms with Crippen molar-refractivity contribution in [2.75, 3.05) is 18.1 Å². The highest BCUT2D eigenvalue weighted by molar-refractivity contribution is 6.24. The van der Waals surface area contributed by atoms with Gasteiger partial charge in [0, 0.05) is 5.56 Å². The summed E-state index contributed by atoms with van der Waals surface area (Å²) in [5.74, 6) is 3.13. The number of imide groups is 1. The van der Waals surface area contributed by atoms with Crippen molar-refractivity contribution in [1.82, 2.24) is 10.2 Å². The Morgan fingerprint density at radius 2 is 1.56 bits per heavy atom. The molecule has 5 aromatic rings. The summed E-state index contributed by atoms with van der Waals surface area (Å²) in [4.78, 5) is 63.7. The summed E-state index contributed by atoms with van der Waals surface area (Å²) in [5.41, 5.74) is 9.52. The average molecular weight is 841 g/mol. The van der Waals surface area contributed by atoms with Crippen LogP contribution in [0, 0.1) is 17.8 Å². The third kappa shape index (κ3) is 7.35. The molecule has 0 radical (unpaired) electrons. The Hall–Kier alpha value is -7.00. The average Bonchev–Trinajstić information content (AvgIpc) is 3.78. The number of nitrogens with two attached hydrogens (primary N) is 1. The molecule has 0 bridgehead atoms. The minimum atomic E-state index is -1.99. The molecule has 7 atom stereocenters. The Balaban J connectivity index is 1.32. The number of urea groups is 1. The molecule has 4 aliphatic rings. The third-order valence-corrected chi connectivity index (χ3v) is 12.8. The summed E-state index contributed by atoms with van der Waals surface area (Å²) in [6.07, 6.45) is 5.20. The molecule has 4 amide bonds. The molecule has 3 heterocycles. The fourth-order valence-electron chi connectivity index (χ4n) is 10.1. The number of aliphatic hydroxyl groups excluding tert-OH is 1. The number of amides is 4. The van der Waals surface area contributed by atoms with Crippen LogP contribution < -0.4 is 20.7 Å². The second kappa shape index (κ2) is 17.4. The van der Waals surface area contributed by atoms with Crippen molar-refractivity contribution in [2.24, 2.45) is 11.7 Å². The van der Waals surface area contributed by atoms with Crippen LogP contribution >= 0.6 is 0 Å². The van der Waals surface area contributed by atoms with Gasteiger partial charge in [0.1, 0.15) is 29.9 Å². The quantitative estimate of drug-likeness (QED) is 0.102. The molecule has 1 spiro atoms. The summed E-state index contributed by atoms with van der Waals surface area (Å²) in [5, 5.41) is 12.8. The Kier molecular flexibility index (Phi) is 11.4. The van der Waals surface area contributed by atoms with Crippen LogP contribution in [0.1, 0.15) is 90.2 Å². The fraction of sp³-hybridized carbons (Fsp3) is 0.269. The van der Waals surface area contributed by atoms with Gasteiger partial charge < -0.3 is 25.6 Å². The first kappa shape index (κ1) is 41.4. The van der Waals surface area contributed by atoms with Gasteiger partial charge in [0.05, 0.1) is 36.3 Å². The minimum Gasteiger partial charge on any atom is -0.491 e. The van der Waals surface area contributed by atoms with Crippen LogP contribution in [0.25, 0.3) is 0 Å². The molecule has 9 rings (SSSR count). The number of hydrogen-bond acceptors (Lipinski definition) is 8. The van der Waals surface area contributed by atoms with E-state index in [2.05, 4.69) is 23.2 Å². The monoisotopic (exact) mass is 840 g/mol. The maximum Gasteiger partial charge on any atom is 0.329 e. The number of nitrogens with one attached hydrogen (secondary N) is 1. The number of hydrogen-bond donors (Lipinski definition) is 3. The summed E-state index contributed by atoms with van der Waals surface area (Å²) >= 11 is 0. The Morgan fingerprint density at radius 1 is 0.857 bits per heavy atom. The number of rotatable bonds is 9. The van der Waals surface area contributed by atoms with Gasteiger partial charge >= 0.3 is 12.0 Å². The van der Waals surface area contributed by atoms with Crippen molar-refractivity contribution >= 4 is 29.5 Å². The maximum absolute atomic E-state index is 16.2. The van der Waals surface area contributed by atoms with Gasteiger partial charge in [-0.1, -0.05) is 121 Å².